The summed E-state index contributed by atoms with van der Waals surface area (Å²) in [5, 5.41) is 3.06. The first-order chi connectivity index (χ1) is 15.6. The molecule has 1 atom stereocenters. The Morgan fingerprint density at radius 1 is 1.16 bits per heavy atom. The Kier molecular flexibility index (Phi) is 4.50. The summed E-state index contributed by atoms with van der Waals surface area (Å²) in [6.45, 7) is 5.28. The predicted octanol–water partition coefficient (Wildman–Crippen LogP) is 2.70. The molecule has 1 N–H and O–H groups in total. The molecule has 1 aromatic heterocycles. The van der Waals surface area contributed by atoms with E-state index >= 15 is 0 Å². The van der Waals surface area contributed by atoms with Crippen LogP contribution in [0.2, 0.25) is 0 Å². The van der Waals surface area contributed by atoms with Crippen LogP contribution in [0.15, 0.2) is 46.9 Å². The van der Waals surface area contributed by atoms with Gasteiger partial charge in [-0.1, -0.05) is 18.2 Å². The number of nitrogens with one attached hydrogen (secondary N) is 1. The zero-order valence-corrected chi connectivity index (χ0v) is 18.0. The molecule has 3 aliphatic rings. The highest BCUT2D eigenvalue weighted by atomic mass is 16.6. The summed E-state index contributed by atoms with van der Waals surface area (Å²) in [7, 11) is 0. The third kappa shape index (κ3) is 3.09. The maximum Gasteiger partial charge on any atom is 0.247 e. The first kappa shape index (κ1) is 19.4. The van der Waals surface area contributed by atoms with Gasteiger partial charge in [-0.3, -0.25) is 9.69 Å². The summed E-state index contributed by atoms with van der Waals surface area (Å²) in [4.78, 5) is 21.8. The lowest BCUT2D eigenvalue weighted by molar-refractivity contribution is -0.125. The summed E-state index contributed by atoms with van der Waals surface area (Å²) >= 11 is 0. The number of nitrogens with zero attached hydrogens (tertiary/aromatic N) is 3. The number of likely N-dealkylation sites (tertiary alicyclic amines) is 1. The van der Waals surface area contributed by atoms with Crippen LogP contribution in [0.1, 0.15) is 18.7 Å². The van der Waals surface area contributed by atoms with E-state index in [-0.39, 0.29) is 12.0 Å². The van der Waals surface area contributed by atoms with Gasteiger partial charge < -0.3 is 24.1 Å². The Labute approximate surface area is 186 Å². The average Bonchev–Trinajstić information content (AvgIpc) is 3.35. The Morgan fingerprint density at radius 3 is 2.78 bits per heavy atom. The molecule has 0 bridgehead atoms. The number of amides is 1. The van der Waals surface area contributed by atoms with Crippen molar-refractivity contribution in [2.45, 2.75) is 31.4 Å². The highest BCUT2D eigenvalue weighted by molar-refractivity contribution is 5.93. The monoisotopic (exact) mass is 434 g/mol. The predicted molar refractivity (Wildman–Crippen MR) is 119 cm³/mol. The molecule has 8 heteroatoms. The number of aryl methyl sites for hydroxylation is 1. The molecular formula is C24H26N4O4. The molecule has 0 aliphatic carbocycles. The number of aromatic nitrogens is 1. The fraction of sp³-hybridized carbons (Fsp3) is 0.417. The van der Waals surface area contributed by atoms with Crippen LogP contribution in [0.5, 0.6) is 11.5 Å². The maximum atomic E-state index is 12.9. The molecule has 1 unspecified atom stereocenters. The second-order valence-electron chi connectivity index (χ2n) is 8.78. The van der Waals surface area contributed by atoms with E-state index in [1.807, 2.05) is 37.3 Å². The van der Waals surface area contributed by atoms with Crippen LogP contribution in [0, 0.1) is 6.92 Å². The van der Waals surface area contributed by atoms with E-state index in [0.29, 0.717) is 36.2 Å². The van der Waals surface area contributed by atoms with E-state index in [9.17, 15) is 4.79 Å². The maximum absolute atomic E-state index is 12.9. The molecule has 1 spiro atoms. The first-order valence-electron chi connectivity index (χ1n) is 11.2. The minimum Gasteiger partial charge on any atom is -0.486 e. The van der Waals surface area contributed by atoms with Crippen LogP contribution in [-0.4, -0.2) is 60.3 Å². The van der Waals surface area contributed by atoms with Gasteiger partial charge in [0, 0.05) is 32.2 Å². The zero-order valence-electron chi connectivity index (χ0n) is 18.0. The van der Waals surface area contributed by atoms with E-state index in [1.165, 1.54) is 0 Å². The van der Waals surface area contributed by atoms with E-state index in [1.54, 1.807) is 0 Å². The van der Waals surface area contributed by atoms with E-state index < -0.39 is 5.54 Å². The number of hydrogen-bond donors (Lipinski definition) is 1. The number of rotatable bonds is 3. The van der Waals surface area contributed by atoms with Crippen molar-refractivity contribution in [2.24, 2.45) is 0 Å². The number of carbonyl (C=O) groups is 1. The molecular weight excluding hydrogens is 408 g/mol. The number of carbonyl (C=O) groups excluding carboxylic acids is 1. The van der Waals surface area contributed by atoms with Crippen molar-refractivity contribution < 1.29 is 18.7 Å². The van der Waals surface area contributed by atoms with Gasteiger partial charge in [-0.25, -0.2) is 4.98 Å². The van der Waals surface area contributed by atoms with Crippen LogP contribution >= 0.6 is 0 Å². The van der Waals surface area contributed by atoms with Crippen molar-refractivity contribution in [1.29, 1.82) is 0 Å². The number of benzene rings is 2. The third-order valence-corrected chi connectivity index (χ3v) is 6.84. The summed E-state index contributed by atoms with van der Waals surface area (Å²) in [6, 6.07) is 14.0. The Hall–Kier alpha value is -3.26. The van der Waals surface area contributed by atoms with Gasteiger partial charge in [-0.15, -0.1) is 0 Å². The summed E-state index contributed by atoms with van der Waals surface area (Å²) in [5.74, 6) is 2.08. The van der Waals surface area contributed by atoms with Crippen molar-refractivity contribution in [3.8, 4) is 11.5 Å². The minimum absolute atomic E-state index is 0.102. The van der Waals surface area contributed by atoms with E-state index in [2.05, 4.69) is 32.2 Å². The van der Waals surface area contributed by atoms with E-state index in [4.69, 9.17) is 13.9 Å². The molecule has 8 nitrogen and oxygen atoms in total. The van der Waals surface area contributed by atoms with Gasteiger partial charge in [0.15, 0.2) is 11.6 Å². The molecule has 1 amide bonds. The van der Waals surface area contributed by atoms with E-state index in [0.717, 1.165) is 43.7 Å². The highest BCUT2D eigenvalue weighted by Gasteiger charge is 2.50. The van der Waals surface area contributed by atoms with Crippen LogP contribution in [0.4, 0.5) is 5.69 Å². The number of anilines is 1. The number of fused-ring (bicyclic) bond motifs is 3. The molecule has 166 valence electrons. The average molecular weight is 434 g/mol. The highest BCUT2D eigenvalue weighted by Crippen LogP contribution is 2.40. The van der Waals surface area contributed by atoms with Crippen molar-refractivity contribution in [1.82, 2.24) is 15.2 Å². The van der Waals surface area contributed by atoms with Gasteiger partial charge in [-0.05, 0) is 37.1 Å². The summed E-state index contributed by atoms with van der Waals surface area (Å²) in [5.41, 5.74) is 2.03. The lowest BCUT2D eigenvalue weighted by atomic mass is 9.85. The molecule has 2 saturated heterocycles. The SMILES string of the molecule is Cc1nc2ccc3c(c2o1)OC(CN1CCC2(CC1)C(=O)NCN2c1ccccc1)CO3. The normalized spacial score (nSPS) is 22.5. The number of hydrogen-bond acceptors (Lipinski definition) is 7. The molecule has 4 heterocycles. The van der Waals surface area contributed by atoms with Gasteiger partial charge in [0.05, 0.1) is 6.67 Å². The lowest BCUT2D eigenvalue weighted by Gasteiger charge is -2.44. The van der Waals surface area contributed by atoms with Crippen molar-refractivity contribution in [3.05, 3.63) is 48.4 Å². The number of ether oxygens (including phenoxy) is 2. The standard InChI is InChI=1S/C24H26N4O4/c1-16-26-19-7-8-20-22(21(19)31-16)32-18(14-30-20)13-27-11-9-24(10-12-27)23(29)25-15-28(24)17-5-3-2-4-6-17/h2-8,18H,9-15H2,1H3,(H,25,29). The van der Waals surface area contributed by atoms with Crippen molar-refractivity contribution >= 4 is 22.7 Å². The Morgan fingerprint density at radius 2 is 1.97 bits per heavy atom. The van der Waals surface area contributed by atoms with Gasteiger partial charge >= 0.3 is 0 Å². The molecule has 3 aromatic rings. The van der Waals surface area contributed by atoms with Crippen LogP contribution < -0.4 is 19.7 Å². The van der Waals surface area contributed by atoms with Gasteiger partial charge in [-0.2, -0.15) is 0 Å². The second kappa shape index (κ2) is 7.41. The Bertz CT molecular complexity index is 1150. The minimum atomic E-state index is -0.474. The zero-order chi connectivity index (χ0) is 21.7. The Balaban J connectivity index is 1.15. The molecule has 0 saturated carbocycles. The smallest absolute Gasteiger partial charge is 0.247 e. The van der Waals surface area contributed by atoms with Crippen molar-refractivity contribution in [2.75, 3.05) is 37.8 Å². The third-order valence-electron chi connectivity index (χ3n) is 6.84. The summed E-state index contributed by atoms with van der Waals surface area (Å²) in [6.07, 6.45) is 1.46. The molecule has 3 aliphatic heterocycles. The molecule has 0 radical (unpaired) electrons. The quantitative estimate of drug-likeness (QED) is 0.679. The van der Waals surface area contributed by atoms with Gasteiger partial charge in [0.2, 0.25) is 17.2 Å². The topological polar surface area (TPSA) is 80.1 Å². The molecule has 6 rings (SSSR count). The van der Waals surface area contributed by atoms with Crippen LogP contribution in [0.25, 0.3) is 11.1 Å². The lowest BCUT2D eigenvalue weighted by Crippen LogP contribution is -2.57. The number of para-hydroxylation sites is 1. The van der Waals surface area contributed by atoms with Crippen LogP contribution in [-0.2, 0) is 4.79 Å². The molecule has 32 heavy (non-hydrogen) atoms. The van der Waals surface area contributed by atoms with Crippen molar-refractivity contribution in [3.63, 3.8) is 0 Å². The largest absolute Gasteiger partial charge is 0.486 e. The fourth-order valence-electron chi connectivity index (χ4n) is 5.19. The number of oxazole rings is 1. The molecule has 2 fully saturated rings. The van der Waals surface area contributed by atoms with Gasteiger partial charge in [0.1, 0.15) is 23.8 Å². The first-order valence-corrected chi connectivity index (χ1v) is 11.2. The molecule has 2 aromatic carbocycles. The summed E-state index contributed by atoms with van der Waals surface area (Å²) < 4.78 is 18.0. The van der Waals surface area contributed by atoms with Gasteiger partial charge in [0.25, 0.3) is 0 Å². The second-order valence-corrected chi connectivity index (χ2v) is 8.78. The van der Waals surface area contributed by atoms with Crippen LogP contribution in [0.3, 0.4) is 0 Å². The fourth-order valence-corrected chi connectivity index (χ4v) is 5.19. The number of piperidine rings is 1.